The van der Waals surface area contributed by atoms with Gasteiger partial charge in [-0.1, -0.05) is 12.2 Å². The van der Waals surface area contributed by atoms with E-state index in [4.69, 9.17) is 4.74 Å². The number of hydrogen-bond acceptors (Lipinski definition) is 3. The smallest absolute Gasteiger partial charge is 0.306 e. The van der Waals surface area contributed by atoms with Gasteiger partial charge in [-0.15, -0.1) is 0 Å². The minimum atomic E-state index is -0.224. The summed E-state index contributed by atoms with van der Waals surface area (Å²) in [6, 6.07) is 0. The van der Waals surface area contributed by atoms with Gasteiger partial charge in [-0.25, -0.2) is 4.99 Å². The van der Waals surface area contributed by atoms with Crippen molar-refractivity contribution in [2.24, 2.45) is 4.99 Å². The van der Waals surface area contributed by atoms with E-state index in [9.17, 15) is 4.79 Å². The van der Waals surface area contributed by atoms with Gasteiger partial charge in [0.15, 0.2) is 0 Å². The van der Waals surface area contributed by atoms with Crippen molar-refractivity contribution in [2.45, 2.75) is 13.3 Å². The maximum absolute atomic E-state index is 11.3. The molecule has 0 unspecified atom stereocenters. The highest BCUT2D eigenvalue weighted by Crippen LogP contribution is 1.96. The number of nitrogens with zero attached hydrogens (tertiary/aromatic N) is 1. The van der Waals surface area contributed by atoms with Crippen LogP contribution in [0.5, 0.6) is 0 Å². The first-order chi connectivity index (χ1) is 6.34. The van der Waals surface area contributed by atoms with Gasteiger partial charge in [-0.3, -0.25) is 4.79 Å². The Morgan fingerprint density at radius 3 is 3.23 bits per heavy atom. The lowest BCUT2D eigenvalue weighted by Gasteiger charge is -2.12. The fourth-order valence-corrected chi connectivity index (χ4v) is 0.942. The summed E-state index contributed by atoms with van der Waals surface area (Å²) in [7, 11) is 0. The van der Waals surface area contributed by atoms with Crippen LogP contribution in [0.25, 0.3) is 0 Å². The number of hydrogen-bond donors (Lipinski definition) is 1. The molecule has 0 fully saturated rings. The fourth-order valence-electron chi connectivity index (χ4n) is 0.942. The number of rotatable bonds is 3. The number of nitrogens with one attached hydrogen (secondary N) is 1. The molecule has 72 valence electrons. The van der Waals surface area contributed by atoms with E-state index in [0.717, 1.165) is 6.42 Å². The van der Waals surface area contributed by atoms with E-state index in [1.165, 1.54) is 0 Å². The molecule has 1 rings (SSSR count). The zero-order chi connectivity index (χ0) is 9.52. The van der Waals surface area contributed by atoms with Crippen LogP contribution in [0, 0.1) is 0 Å². The standard InChI is InChI=1S/C9H14N2O2/c1-2-3-5-10-8(12)9-11-6-4-7-13-9/h2-3H,4-7H2,1H3,(H,10,12)/b3-2+. The summed E-state index contributed by atoms with van der Waals surface area (Å²) in [5.41, 5.74) is 0. The van der Waals surface area contributed by atoms with Crippen LogP contribution in [-0.4, -0.2) is 31.5 Å². The highest BCUT2D eigenvalue weighted by Gasteiger charge is 2.14. The van der Waals surface area contributed by atoms with Crippen molar-refractivity contribution in [3.05, 3.63) is 12.2 Å². The van der Waals surface area contributed by atoms with Crippen molar-refractivity contribution in [3.63, 3.8) is 0 Å². The second kappa shape index (κ2) is 5.35. The summed E-state index contributed by atoms with van der Waals surface area (Å²) in [4.78, 5) is 15.2. The molecule has 0 atom stereocenters. The summed E-state index contributed by atoms with van der Waals surface area (Å²) < 4.78 is 5.08. The molecule has 1 aliphatic rings. The first kappa shape index (κ1) is 9.77. The number of carbonyl (C=O) groups is 1. The van der Waals surface area contributed by atoms with E-state index in [1.54, 1.807) is 0 Å². The third-order valence-corrected chi connectivity index (χ3v) is 1.61. The predicted molar refractivity (Wildman–Crippen MR) is 50.7 cm³/mol. The zero-order valence-corrected chi connectivity index (χ0v) is 7.75. The van der Waals surface area contributed by atoms with Crippen LogP contribution < -0.4 is 5.32 Å². The molecule has 4 nitrogen and oxygen atoms in total. The molecule has 1 N–H and O–H groups in total. The van der Waals surface area contributed by atoms with Gasteiger partial charge in [0.2, 0.25) is 0 Å². The maximum Gasteiger partial charge on any atom is 0.306 e. The summed E-state index contributed by atoms with van der Waals surface area (Å²) in [5, 5.41) is 2.67. The van der Waals surface area contributed by atoms with Crippen LogP contribution in [0.15, 0.2) is 17.1 Å². The lowest BCUT2D eigenvalue weighted by atomic mass is 10.4. The molecule has 0 saturated carbocycles. The SMILES string of the molecule is C/C=C/CNC(=O)C1=NCCCO1. The van der Waals surface area contributed by atoms with Gasteiger partial charge in [-0.05, 0) is 6.92 Å². The van der Waals surface area contributed by atoms with Crippen LogP contribution in [0.2, 0.25) is 0 Å². The molecule has 0 aromatic carbocycles. The molecule has 0 radical (unpaired) electrons. The average molecular weight is 182 g/mol. The van der Waals surface area contributed by atoms with Gasteiger partial charge in [0, 0.05) is 19.5 Å². The third kappa shape index (κ3) is 3.27. The van der Waals surface area contributed by atoms with Crippen molar-refractivity contribution in [1.29, 1.82) is 0 Å². The van der Waals surface area contributed by atoms with Gasteiger partial charge in [0.1, 0.15) is 0 Å². The van der Waals surface area contributed by atoms with Gasteiger partial charge < -0.3 is 10.1 Å². The topological polar surface area (TPSA) is 50.7 Å². The summed E-state index contributed by atoms with van der Waals surface area (Å²) in [6.45, 7) is 3.71. The van der Waals surface area contributed by atoms with Crippen molar-refractivity contribution >= 4 is 11.8 Å². The first-order valence-electron chi connectivity index (χ1n) is 4.41. The number of carbonyl (C=O) groups excluding carboxylic acids is 1. The lowest BCUT2D eigenvalue weighted by Crippen LogP contribution is -2.34. The Labute approximate surface area is 77.7 Å². The van der Waals surface area contributed by atoms with E-state index in [1.807, 2.05) is 19.1 Å². The molecule has 0 aliphatic carbocycles. The number of allylic oxidation sites excluding steroid dienone is 1. The van der Waals surface area contributed by atoms with Crippen molar-refractivity contribution in [2.75, 3.05) is 19.7 Å². The number of ether oxygens (including phenoxy) is 1. The molecular weight excluding hydrogens is 168 g/mol. The minimum absolute atomic E-state index is 0.218. The van der Waals surface area contributed by atoms with E-state index >= 15 is 0 Å². The second-order valence-electron chi connectivity index (χ2n) is 2.67. The second-order valence-corrected chi connectivity index (χ2v) is 2.67. The largest absolute Gasteiger partial charge is 0.474 e. The van der Waals surface area contributed by atoms with Crippen molar-refractivity contribution in [1.82, 2.24) is 5.32 Å². The molecule has 1 heterocycles. The Balaban J connectivity index is 2.33. The Hall–Kier alpha value is -1.32. The zero-order valence-electron chi connectivity index (χ0n) is 7.75. The van der Waals surface area contributed by atoms with Crippen LogP contribution in [0.3, 0.4) is 0 Å². The van der Waals surface area contributed by atoms with Crippen molar-refractivity contribution < 1.29 is 9.53 Å². The molecule has 0 spiro atoms. The number of aliphatic imine (C=N–C) groups is 1. The molecule has 13 heavy (non-hydrogen) atoms. The highest BCUT2D eigenvalue weighted by molar-refractivity contribution is 6.35. The molecule has 0 aromatic heterocycles. The van der Waals surface area contributed by atoms with E-state index < -0.39 is 0 Å². The Bertz CT molecular complexity index is 234. The molecule has 0 bridgehead atoms. The Morgan fingerprint density at radius 1 is 1.77 bits per heavy atom. The lowest BCUT2D eigenvalue weighted by molar-refractivity contribution is -0.116. The first-order valence-corrected chi connectivity index (χ1v) is 4.41. The van der Waals surface area contributed by atoms with Crippen LogP contribution in [0.1, 0.15) is 13.3 Å². The summed E-state index contributed by atoms with van der Waals surface area (Å²) >= 11 is 0. The Morgan fingerprint density at radius 2 is 2.62 bits per heavy atom. The summed E-state index contributed by atoms with van der Waals surface area (Å²) in [6.07, 6.45) is 4.64. The Kier molecular flexibility index (Phi) is 4.02. The van der Waals surface area contributed by atoms with Gasteiger partial charge in [0.05, 0.1) is 6.61 Å². The normalized spacial score (nSPS) is 16.5. The molecule has 1 aliphatic heterocycles. The minimum Gasteiger partial charge on any atom is -0.474 e. The van der Waals surface area contributed by atoms with Crippen LogP contribution in [0.4, 0.5) is 0 Å². The highest BCUT2D eigenvalue weighted by atomic mass is 16.5. The third-order valence-electron chi connectivity index (χ3n) is 1.61. The molecule has 0 aromatic rings. The monoisotopic (exact) mass is 182 g/mol. The number of amides is 1. The summed E-state index contributed by atoms with van der Waals surface area (Å²) in [5.74, 6) is -0.00597. The molecule has 0 saturated heterocycles. The van der Waals surface area contributed by atoms with E-state index in [2.05, 4.69) is 10.3 Å². The van der Waals surface area contributed by atoms with Gasteiger partial charge in [-0.2, -0.15) is 0 Å². The van der Waals surface area contributed by atoms with E-state index in [0.29, 0.717) is 19.7 Å². The van der Waals surface area contributed by atoms with Crippen LogP contribution >= 0.6 is 0 Å². The van der Waals surface area contributed by atoms with Gasteiger partial charge in [0.25, 0.3) is 5.90 Å². The van der Waals surface area contributed by atoms with Gasteiger partial charge >= 0.3 is 5.91 Å². The molecule has 4 heteroatoms. The van der Waals surface area contributed by atoms with Crippen LogP contribution in [-0.2, 0) is 9.53 Å². The van der Waals surface area contributed by atoms with Crippen molar-refractivity contribution in [3.8, 4) is 0 Å². The average Bonchev–Trinajstić information content (AvgIpc) is 2.19. The maximum atomic E-state index is 11.3. The van der Waals surface area contributed by atoms with E-state index in [-0.39, 0.29) is 11.8 Å². The molecular formula is C9H14N2O2. The quantitative estimate of drug-likeness (QED) is 0.646. The predicted octanol–water partition coefficient (Wildman–Crippen LogP) is 0.497. The molecule has 1 amide bonds. The fraction of sp³-hybridized carbons (Fsp3) is 0.556.